The van der Waals surface area contributed by atoms with Gasteiger partial charge in [0.25, 0.3) is 0 Å². The van der Waals surface area contributed by atoms with Gasteiger partial charge in [0.2, 0.25) is 5.75 Å². The smallest absolute Gasteiger partial charge is 0.204 e. The molecule has 1 aliphatic carbocycles. The monoisotopic (exact) mass is 208 g/mol. The topological polar surface area (TPSA) is 64.3 Å². The number of aromatic nitrogens is 2. The van der Waals surface area contributed by atoms with Crippen molar-refractivity contribution >= 4 is 11.6 Å². The van der Waals surface area contributed by atoms with Gasteiger partial charge < -0.3 is 15.4 Å². The molecule has 1 aromatic heterocycles. The van der Waals surface area contributed by atoms with Crippen LogP contribution in [0, 0.1) is 5.92 Å². The average Bonchev–Trinajstić information content (AvgIpc) is 3.01. The third-order valence-corrected chi connectivity index (χ3v) is 2.61. The summed E-state index contributed by atoms with van der Waals surface area (Å²) >= 11 is 0. The number of hydrogen-bond donors (Lipinski definition) is 1. The van der Waals surface area contributed by atoms with Gasteiger partial charge in [-0.05, 0) is 18.8 Å². The van der Waals surface area contributed by atoms with Crippen LogP contribution in [-0.4, -0.2) is 30.7 Å². The van der Waals surface area contributed by atoms with E-state index in [1.807, 2.05) is 7.05 Å². The van der Waals surface area contributed by atoms with E-state index in [0.29, 0.717) is 11.6 Å². The average molecular weight is 208 g/mol. The molecule has 2 N–H and O–H groups in total. The highest BCUT2D eigenvalue weighted by molar-refractivity contribution is 5.62. The summed E-state index contributed by atoms with van der Waals surface area (Å²) in [6.45, 7) is 1.01. The fourth-order valence-corrected chi connectivity index (χ4v) is 1.62. The van der Waals surface area contributed by atoms with Gasteiger partial charge in [0.05, 0.1) is 7.11 Å². The van der Waals surface area contributed by atoms with E-state index in [9.17, 15) is 0 Å². The molecular weight excluding hydrogens is 192 g/mol. The van der Waals surface area contributed by atoms with Gasteiger partial charge in [0.1, 0.15) is 6.33 Å². The van der Waals surface area contributed by atoms with Crippen molar-refractivity contribution in [2.24, 2.45) is 5.92 Å². The van der Waals surface area contributed by atoms with Crippen LogP contribution >= 0.6 is 0 Å². The highest BCUT2D eigenvalue weighted by Gasteiger charge is 2.25. The fraction of sp³-hybridized carbons (Fsp3) is 0.600. The first kappa shape index (κ1) is 10.0. The van der Waals surface area contributed by atoms with E-state index >= 15 is 0 Å². The molecule has 0 radical (unpaired) electrons. The maximum absolute atomic E-state index is 5.71. The van der Waals surface area contributed by atoms with Gasteiger partial charge in [0.15, 0.2) is 11.6 Å². The summed E-state index contributed by atoms with van der Waals surface area (Å²) in [5.41, 5.74) is 5.71. The molecule has 2 rings (SSSR count). The van der Waals surface area contributed by atoms with Crippen LogP contribution in [0.1, 0.15) is 12.8 Å². The zero-order chi connectivity index (χ0) is 10.8. The summed E-state index contributed by atoms with van der Waals surface area (Å²) in [7, 11) is 3.59. The minimum absolute atomic E-state index is 0.394. The summed E-state index contributed by atoms with van der Waals surface area (Å²) in [5.74, 6) is 2.54. The molecule has 5 nitrogen and oxygen atoms in total. The van der Waals surface area contributed by atoms with Crippen molar-refractivity contribution in [1.82, 2.24) is 9.97 Å². The number of hydrogen-bond acceptors (Lipinski definition) is 5. The molecule has 1 aliphatic rings. The van der Waals surface area contributed by atoms with Crippen molar-refractivity contribution in [1.29, 1.82) is 0 Å². The Morgan fingerprint density at radius 3 is 2.87 bits per heavy atom. The third-order valence-electron chi connectivity index (χ3n) is 2.61. The van der Waals surface area contributed by atoms with E-state index < -0.39 is 0 Å². The van der Waals surface area contributed by atoms with E-state index in [1.54, 1.807) is 7.11 Å². The zero-order valence-electron chi connectivity index (χ0n) is 9.10. The molecule has 1 heterocycles. The van der Waals surface area contributed by atoms with Crippen molar-refractivity contribution in [2.45, 2.75) is 12.8 Å². The quantitative estimate of drug-likeness (QED) is 0.797. The predicted molar refractivity (Wildman–Crippen MR) is 59.0 cm³/mol. The van der Waals surface area contributed by atoms with Crippen LogP contribution in [0.25, 0.3) is 0 Å². The van der Waals surface area contributed by atoms with E-state index in [4.69, 9.17) is 10.5 Å². The zero-order valence-corrected chi connectivity index (χ0v) is 9.10. The predicted octanol–water partition coefficient (Wildman–Crippen LogP) is 0.914. The highest BCUT2D eigenvalue weighted by atomic mass is 16.5. The van der Waals surface area contributed by atoms with Gasteiger partial charge in [0, 0.05) is 13.6 Å². The number of ether oxygens (including phenoxy) is 1. The number of anilines is 2. The standard InChI is InChI=1S/C10H16N4O/c1-14(5-7-3-4-7)10-8(15-2)9(11)12-6-13-10/h6-7H,3-5H2,1-2H3,(H2,11,12,13). The summed E-state index contributed by atoms with van der Waals surface area (Å²) in [6.07, 6.45) is 4.09. The van der Waals surface area contributed by atoms with E-state index in [-0.39, 0.29) is 0 Å². The van der Waals surface area contributed by atoms with Gasteiger partial charge in [-0.3, -0.25) is 0 Å². The lowest BCUT2D eigenvalue weighted by Gasteiger charge is -2.20. The summed E-state index contributed by atoms with van der Waals surface area (Å²) < 4.78 is 5.21. The summed E-state index contributed by atoms with van der Waals surface area (Å²) in [5, 5.41) is 0. The first-order valence-corrected chi connectivity index (χ1v) is 5.08. The maximum atomic E-state index is 5.71. The molecule has 1 aromatic rings. The molecule has 0 amide bonds. The minimum Gasteiger partial charge on any atom is -0.490 e. The van der Waals surface area contributed by atoms with Crippen LogP contribution in [0.5, 0.6) is 5.75 Å². The van der Waals surface area contributed by atoms with Crippen LogP contribution in [0.3, 0.4) is 0 Å². The molecule has 0 unspecified atom stereocenters. The van der Waals surface area contributed by atoms with Crippen LogP contribution < -0.4 is 15.4 Å². The molecule has 0 aromatic carbocycles. The lowest BCUT2D eigenvalue weighted by Crippen LogP contribution is -2.22. The van der Waals surface area contributed by atoms with Crippen LogP contribution in [-0.2, 0) is 0 Å². The van der Waals surface area contributed by atoms with Crippen LogP contribution in [0.4, 0.5) is 11.6 Å². The van der Waals surface area contributed by atoms with E-state index in [2.05, 4.69) is 14.9 Å². The van der Waals surface area contributed by atoms with Gasteiger partial charge in [-0.1, -0.05) is 0 Å². The largest absolute Gasteiger partial charge is 0.490 e. The normalized spacial score (nSPS) is 15.1. The third kappa shape index (κ3) is 2.11. The Morgan fingerprint density at radius 2 is 2.27 bits per heavy atom. The Balaban J connectivity index is 2.20. The number of nitrogen functional groups attached to an aromatic ring is 1. The Labute approximate surface area is 89.3 Å². The number of rotatable bonds is 4. The van der Waals surface area contributed by atoms with Crippen molar-refractivity contribution < 1.29 is 4.74 Å². The number of nitrogens with zero attached hydrogens (tertiary/aromatic N) is 3. The summed E-state index contributed by atoms with van der Waals surface area (Å²) in [6, 6.07) is 0. The Bertz CT molecular complexity index is 351. The molecule has 0 spiro atoms. The number of methoxy groups -OCH3 is 1. The molecule has 1 saturated carbocycles. The number of nitrogens with two attached hydrogens (primary N) is 1. The molecule has 1 fully saturated rings. The van der Waals surface area contributed by atoms with Crippen molar-refractivity contribution in [2.75, 3.05) is 31.3 Å². The Hall–Kier alpha value is -1.52. The first-order valence-electron chi connectivity index (χ1n) is 5.08. The van der Waals surface area contributed by atoms with Gasteiger partial charge >= 0.3 is 0 Å². The van der Waals surface area contributed by atoms with Gasteiger partial charge in [-0.15, -0.1) is 0 Å². The van der Waals surface area contributed by atoms with E-state index in [0.717, 1.165) is 18.3 Å². The van der Waals surface area contributed by atoms with Crippen molar-refractivity contribution in [3.8, 4) is 5.75 Å². The molecule has 82 valence electrons. The second-order valence-electron chi connectivity index (χ2n) is 3.94. The lowest BCUT2D eigenvalue weighted by atomic mass is 10.3. The fourth-order valence-electron chi connectivity index (χ4n) is 1.62. The summed E-state index contributed by atoms with van der Waals surface area (Å²) in [4.78, 5) is 10.2. The molecule has 15 heavy (non-hydrogen) atoms. The SMILES string of the molecule is COc1c(N)ncnc1N(C)CC1CC1. The van der Waals surface area contributed by atoms with E-state index in [1.165, 1.54) is 19.2 Å². The second kappa shape index (κ2) is 3.92. The lowest BCUT2D eigenvalue weighted by molar-refractivity contribution is 0.413. The molecule has 5 heteroatoms. The molecule has 0 saturated heterocycles. The Morgan fingerprint density at radius 1 is 1.53 bits per heavy atom. The maximum Gasteiger partial charge on any atom is 0.204 e. The molecule has 0 atom stereocenters. The molecule has 0 bridgehead atoms. The minimum atomic E-state index is 0.394. The van der Waals surface area contributed by atoms with Crippen molar-refractivity contribution in [3.05, 3.63) is 6.33 Å². The van der Waals surface area contributed by atoms with Crippen LogP contribution in [0.2, 0.25) is 0 Å². The second-order valence-corrected chi connectivity index (χ2v) is 3.94. The van der Waals surface area contributed by atoms with Gasteiger partial charge in [-0.2, -0.15) is 0 Å². The molecule has 0 aliphatic heterocycles. The van der Waals surface area contributed by atoms with Crippen LogP contribution in [0.15, 0.2) is 6.33 Å². The Kier molecular flexibility index (Phi) is 2.62. The molecular formula is C10H16N4O. The van der Waals surface area contributed by atoms with Gasteiger partial charge in [-0.25, -0.2) is 9.97 Å². The highest BCUT2D eigenvalue weighted by Crippen LogP contribution is 2.34. The first-order chi connectivity index (χ1) is 7.22. The van der Waals surface area contributed by atoms with Crippen molar-refractivity contribution in [3.63, 3.8) is 0 Å².